The third-order valence-corrected chi connectivity index (χ3v) is 8.36. The average molecular weight is 408 g/mol. The van der Waals surface area contributed by atoms with Crippen molar-refractivity contribution in [2.75, 3.05) is 16.8 Å². The zero-order chi connectivity index (χ0) is 19.0. The second-order valence-electron chi connectivity index (χ2n) is 7.60. The Morgan fingerprint density at radius 3 is 2.74 bits per heavy atom. The quantitative estimate of drug-likeness (QED) is 0.844. The zero-order valence-corrected chi connectivity index (χ0v) is 17.2. The molecule has 0 radical (unpaired) electrons. The Morgan fingerprint density at radius 1 is 1.22 bits per heavy atom. The van der Waals surface area contributed by atoms with Crippen molar-refractivity contribution >= 4 is 32.9 Å². The molecule has 1 amide bonds. The van der Waals surface area contributed by atoms with Crippen LogP contribution in [0.15, 0.2) is 12.1 Å². The van der Waals surface area contributed by atoms with Crippen molar-refractivity contribution in [1.82, 2.24) is 9.78 Å². The largest absolute Gasteiger partial charge is 0.306 e. The Bertz CT molecular complexity index is 934. The van der Waals surface area contributed by atoms with Crippen molar-refractivity contribution in [3.05, 3.63) is 33.1 Å². The van der Waals surface area contributed by atoms with E-state index < -0.39 is 9.84 Å². The van der Waals surface area contributed by atoms with E-state index in [1.54, 1.807) is 16.0 Å². The van der Waals surface area contributed by atoms with Gasteiger partial charge in [0.25, 0.3) is 5.91 Å². The Kier molecular flexibility index (Phi) is 5.11. The van der Waals surface area contributed by atoms with Gasteiger partial charge < -0.3 is 5.32 Å². The zero-order valence-electron chi connectivity index (χ0n) is 15.5. The van der Waals surface area contributed by atoms with E-state index in [2.05, 4.69) is 10.4 Å². The summed E-state index contributed by atoms with van der Waals surface area (Å²) in [6, 6.07) is 3.64. The number of aryl methyl sites for hydroxylation is 3. The van der Waals surface area contributed by atoms with Gasteiger partial charge in [-0.1, -0.05) is 12.8 Å². The molecule has 1 aliphatic carbocycles. The number of thiophene rings is 1. The minimum atomic E-state index is -3.01. The molecule has 6 nitrogen and oxygen atoms in total. The van der Waals surface area contributed by atoms with Crippen molar-refractivity contribution in [3.8, 4) is 0 Å². The standard InChI is InChI=1S/C19H25N3O3S2/c1-13-10-18(22(21-13)15-8-9-27(24,25)12-15)20-19(23)17-11-14-6-4-2-3-5-7-16(14)26-17/h10-11,15H,2-9,12H2,1H3,(H,20,23). The van der Waals surface area contributed by atoms with Crippen LogP contribution in [0, 0.1) is 6.92 Å². The highest BCUT2D eigenvalue weighted by atomic mass is 32.2. The number of carbonyl (C=O) groups is 1. The maximum Gasteiger partial charge on any atom is 0.266 e. The number of anilines is 1. The normalized spacial score (nSPS) is 22.0. The van der Waals surface area contributed by atoms with Gasteiger partial charge in [-0.05, 0) is 50.7 Å². The van der Waals surface area contributed by atoms with Gasteiger partial charge in [-0.15, -0.1) is 11.3 Å². The van der Waals surface area contributed by atoms with Crippen LogP contribution >= 0.6 is 11.3 Å². The molecule has 1 aliphatic heterocycles. The lowest BCUT2D eigenvalue weighted by Crippen LogP contribution is -2.19. The van der Waals surface area contributed by atoms with Gasteiger partial charge >= 0.3 is 0 Å². The Morgan fingerprint density at radius 2 is 2.00 bits per heavy atom. The Balaban J connectivity index is 1.54. The van der Waals surface area contributed by atoms with Crippen LogP contribution < -0.4 is 5.32 Å². The lowest BCUT2D eigenvalue weighted by molar-refractivity contribution is 0.102. The third-order valence-electron chi connectivity index (χ3n) is 5.37. The third kappa shape index (κ3) is 4.11. The van der Waals surface area contributed by atoms with E-state index in [4.69, 9.17) is 0 Å². The van der Waals surface area contributed by atoms with E-state index in [0.717, 1.165) is 23.4 Å². The van der Waals surface area contributed by atoms with Gasteiger partial charge in [0.05, 0.1) is 28.1 Å². The first-order chi connectivity index (χ1) is 12.9. The van der Waals surface area contributed by atoms with E-state index in [9.17, 15) is 13.2 Å². The maximum atomic E-state index is 12.8. The second-order valence-corrected chi connectivity index (χ2v) is 11.0. The Labute approximate surface area is 163 Å². The van der Waals surface area contributed by atoms with Gasteiger partial charge in [-0.2, -0.15) is 5.10 Å². The highest BCUT2D eigenvalue weighted by Gasteiger charge is 2.31. The summed E-state index contributed by atoms with van der Waals surface area (Å²) in [6.07, 6.45) is 7.56. The summed E-state index contributed by atoms with van der Waals surface area (Å²) < 4.78 is 25.3. The lowest BCUT2D eigenvalue weighted by atomic mass is 10.00. The van der Waals surface area contributed by atoms with Gasteiger partial charge in [-0.25, -0.2) is 13.1 Å². The first-order valence-corrected chi connectivity index (χ1v) is 12.2. The topological polar surface area (TPSA) is 81.1 Å². The van der Waals surface area contributed by atoms with Gasteiger partial charge in [0.2, 0.25) is 0 Å². The summed E-state index contributed by atoms with van der Waals surface area (Å²) in [5.74, 6) is 0.723. The predicted molar refractivity (Wildman–Crippen MR) is 107 cm³/mol. The van der Waals surface area contributed by atoms with Crippen molar-refractivity contribution in [2.24, 2.45) is 0 Å². The molecule has 1 fully saturated rings. The summed E-state index contributed by atoms with van der Waals surface area (Å²) in [7, 11) is -3.01. The molecule has 0 saturated carbocycles. The highest BCUT2D eigenvalue weighted by Crippen LogP contribution is 2.30. The summed E-state index contributed by atoms with van der Waals surface area (Å²) in [4.78, 5) is 14.9. The molecule has 27 heavy (non-hydrogen) atoms. The first-order valence-electron chi connectivity index (χ1n) is 9.61. The molecular formula is C19H25N3O3S2. The second kappa shape index (κ2) is 7.39. The van der Waals surface area contributed by atoms with E-state index in [1.165, 1.54) is 36.1 Å². The number of sulfone groups is 1. The fourth-order valence-electron chi connectivity index (χ4n) is 3.99. The first kappa shape index (κ1) is 18.7. The van der Waals surface area contributed by atoms with Gasteiger partial charge in [0, 0.05) is 10.9 Å². The van der Waals surface area contributed by atoms with Crippen LogP contribution in [0.5, 0.6) is 0 Å². The number of amides is 1. The van der Waals surface area contributed by atoms with Gasteiger partial charge in [0.15, 0.2) is 9.84 Å². The molecule has 2 aromatic heterocycles. The number of nitrogens with one attached hydrogen (secondary N) is 1. The summed E-state index contributed by atoms with van der Waals surface area (Å²) in [5, 5.41) is 7.41. The monoisotopic (exact) mass is 407 g/mol. The van der Waals surface area contributed by atoms with Crippen LogP contribution in [0.25, 0.3) is 0 Å². The highest BCUT2D eigenvalue weighted by molar-refractivity contribution is 7.91. The van der Waals surface area contributed by atoms with Crippen LogP contribution in [0.3, 0.4) is 0 Å². The molecule has 1 saturated heterocycles. The Hall–Kier alpha value is -1.67. The summed E-state index contributed by atoms with van der Waals surface area (Å²) in [6.45, 7) is 1.85. The fourth-order valence-corrected chi connectivity index (χ4v) is 6.83. The number of hydrogen-bond donors (Lipinski definition) is 1. The molecule has 1 unspecified atom stereocenters. The maximum absolute atomic E-state index is 12.8. The number of rotatable bonds is 3. The number of carbonyl (C=O) groups excluding carboxylic acids is 1. The van der Waals surface area contributed by atoms with Crippen molar-refractivity contribution in [2.45, 2.75) is 57.9 Å². The van der Waals surface area contributed by atoms with Gasteiger partial charge in [0.1, 0.15) is 5.82 Å². The van der Waals surface area contributed by atoms with Crippen molar-refractivity contribution in [1.29, 1.82) is 0 Å². The van der Waals surface area contributed by atoms with E-state index in [1.807, 2.05) is 19.1 Å². The molecule has 0 aromatic carbocycles. The van der Waals surface area contributed by atoms with Crippen molar-refractivity contribution in [3.63, 3.8) is 0 Å². The molecule has 146 valence electrons. The smallest absolute Gasteiger partial charge is 0.266 e. The molecule has 4 rings (SSSR count). The minimum Gasteiger partial charge on any atom is -0.306 e. The number of nitrogens with zero attached hydrogens (tertiary/aromatic N) is 2. The van der Waals surface area contributed by atoms with Crippen LogP contribution in [0.1, 0.15) is 64.0 Å². The molecule has 2 aromatic rings. The molecule has 1 atom stereocenters. The number of aromatic nitrogens is 2. The van der Waals surface area contributed by atoms with E-state index >= 15 is 0 Å². The van der Waals surface area contributed by atoms with Crippen LogP contribution in [-0.2, 0) is 22.7 Å². The predicted octanol–water partition coefficient (Wildman–Crippen LogP) is 3.52. The summed E-state index contributed by atoms with van der Waals surface area (Å²) in [5.41, 5.74) is 2.09. The lowest BCUT2D eigenvalue weighted by Gasteiger charge is -2.13. The SMILES string of the molecule is Cc1cc(NC(=O)c2cc3c(s2)CCCCCC3)n(C2CCS(=O)(=O)C2)n1. The van der Waals surface area contributed by atoms with Gasteiger partial charge in [-0.3, -0.25) is 4.79 Å². The molecule has 3 heterocycles. The number of hydrogen-bond acceptors (Lipinski definition) is 5. The summed E-state index contributed by atoms with van der Waals surface area (Å²) >= 11 is 1.59. The molecule has 8 heteroatoms. The van der Waals surface area contributed by atoms with E-state index in [-0.39, 0.29) is 23.5 Å². The van der Waals surface area contributed by atoms with Crippen LogP contribution in [0.4, 0.5) is 5.82 Å². The molecule has 2 aliphatic rings. The number of fused-ring (bicyclic) bond motifs is 1. The minimum absolute atomic E-state index is 0.0876. The molecular weight excluding hydrogens is 382 g/mol. The van der Waals surface area contributed by atoms with E-state index in [0.29, 0.717) is 12.2 Å². The van der Waals surface area contributed by atoms with Crippen LogP contribution in [-0.4, -0.2) is 35.6 Å². The fraction of sp³-hybridized carbons (Fsp3) is 0.579. The average Bonchev–Trinajstić information content (AvgIpc) is 3.25. The van der Waals surface area contributed by atoms with Crippen molar-refractivity contribution < 1.29 is 13.2 Å². The van der Waals surface area contributed by atoms with Crippen LogP contribution in [0.2, 0.25) is 0 Å². The molecule has 1 N–H and O–H groups in total. The molecule has 0 bridgehead atoms. The molecule has 0 spiro atoms.